The standard InChI is InChI=1S/C17H15Cl2NO4/c1-23-11-4-6-15(12(9-11)17(22)24-2)20-16(21)8-10-3-5-13(18)14(19)7-10/h3-7,9H,8H2,1-2H3,(H,20,21). The van der Waals surface area contributed by atoms with E-state index in [1.807, 2.05) is 0 Å². The molecule has 126 valence electrons. The fraction of sp³-hybridized carbons (Fsp3) is 0.176. The second kappa shape index (κ2) is 8.04. The number of halogens is 2. The Morgan fingerprint density at radius 1 is 1.04 bits per heavy atom. The minimum Gasteiger partial charge on any atom is -0.497 e. The molecule has 2 aromatic rings. The highest BCUT2D eigenvalue weighted by Crippen LogP contribution is 2.25. The molecular formula is C17H15Cl2NO4. The Morgan fingerprint density at radius 3 is 2.42 bits per heavy atom. The zero-order chi connectivity index (χ0) is 17.7. The highest BCUT2D eigenvalue weighted by molar-refractivity contribution is 6.42. The first kappa shape index (κ1) is 18.1. The molecule has 24 heavy (non-hydrogen) atoms. The van der Waals surface area contributed by atoms with Crippen LogP contribution < -0.4 is 10.1 Å². The number of hydrogen-bond donors (Lipinski definition) is 1. The first-order valence-corrected chi connectivity index (χ1v) is 7.70. The molecular weight excluding hydrogens is 353 g/mol. The van der Waals surface area contributed by atoms with Crippen molar-refractivity contribution in [2.45, 2.75) is 6.42 Å². The maximum absolute atomic E-state index is 12.2. The Hall–Kier alpha value is -2.24. The summed E-state index contributed by atoms with van der Waals surface area (Å²) in [5.74, 6) is -0.389. The van der Waals surface area contributed by atoms with E-state index in [9.17, 15) is 9.59 Å². The summed E-state index contributed by atoms with van der Waals surface area (Å²) in [6.45, 7) is 0. The molecule has 0 bridgehead atoms. The molecule has 0 fully saturated rings. The maximum atomic E-state index is 12.2. The monoisotopic (exact) mass is 367 g/mol. The molecule has 2 rings (SSSR count). The lowest BCUT2D eigenvalue weighted by atomic mass is 10.1. The van der Waals surface area contributed by atoms with Crippen molar-refractivity contribution in [1.82, 2.24) is 0 Å². The van der Waals surface area contributed by atoms with E-state index in [0.717, 1.165) is 0 Å². The number of carbonyl (C=O) groups is 2. The number of methoxy groups -OCH3 is 2. The number of esters is 1. The van der Waals surface area contributed by atoms with Crippen molar-refractivity contribution in [3.8, 4) is 5.75 Å². The molecule has 0 aliphatic heterocycles. The fourth-order valence-electron chi connectivity index (χ4n) is 2.07. The van der Waals surface area contributed by atoms with Gasteiger partial charge in [-0.25, -0.2) is 4.79 Å². The molecule has 0 radical (unpaired) electrons. The number of carbonyl (C=O) groups excluding carboxylic acids is 2. The molecule has 0 atom stereocenters. The number of rotatable bonds is 5. The summed E-state index contributed by atoms with van der Waals surface area (Å²) in [4.78, 5) is 24.1. The van der Waals surface area contributed by atoms with E-state index in [0.29, 0.717) is 27.0 Å². The Kier molecular flexibility index (Phi) is 6.06. The largest absolute Gasteiger partial charge is 0.497 e. The average molecular weight is 368 g/mol. The van der Waals surface area contributed by atoms with Crippen molar-refractivity contribution < 1.29 is 19.1 Å². The first-order valence-electron chi connectivity index (χ1n) is 6.94. The fourth-order valence-corrected chi connectivity index (χ4v) is 2.39. The highest BCUT2D eigenvalue weighted by Gasteiger charge is 2.15. The van der Waals surface area contributed by atoms with Gasteiger partial charge < -0.3 is 14.8 Å². The molecule has 1 amide bonds. The van der Waals surface area contributed by atoms with Crippen LogP contribution in [0.15, 0.2) is 36.4 Å². The van der Waals surface area contributed by atoms with Crippen LogP contribution in [-0.2, 0) is 16.0 Å². The van der Waals surface area contributed by atoms with Gasteiger partial charge >= 0.3 is 5.97 Å². The average Bonchev–Trinajstić information content (AvgIpc) is 2.57. The summed E-state index contributed by atoms with van der Waals surface area (Å²) in [5, 5.41) is 3.49. The van der Waals surface area contributed by atoms with Crippen LogP contribution in [-0.4, -0.2) is 26.1 Å². The summed E-state index contributed by atoms with van der Waals surface area (Å²) >= 11 is 11.8. The van der Waals surface area contributed by atoms with Crippen molar-refractivity contribution in [2.75, 3.05) is 19.5 Å². The summed E-state index contributed by atoms with van der Waals surface area (Å²) in [7, 11) is 2.75. The Balaban J connectivity index is 2.18. The summed E-state index contributed by atoms with van der Waals surface area (Å²) in [5.41, 5.74) is 1.25. The van der Waals surface area contributed by atoms with Gasteiger partial charge in [-0.05, 0) is 35.9 Å². The van der Waals surface area contributed by atoms with Crippen molar-refractivity contribution in [1.29, 1.82) is 0 Å². The molecule has 0 spiro atoms. The van der Waals surface area contributed by atoms with Crippen LogP contribution >= 0.6 is 23.2 Å². The lowest BCUT2D eigenvalue weighted by Gasteiger charge is -2.11. The second-order valence-electron chi connectivity index (χ2n) is 4.88. The number of benzene rings is 2. The van der Waals surface area contributed by atoms with Crippen LogP contribution in [0.1, 0.15) is 15.9 Å². The molecule has 0 aliphatic rings. The molecule has 0 aliphatic carbocycles. The topological polar surface area (TPSA) is 64.6 Å². The molecule has 5 nitrogen and oxygen atoms in total. The van der Waals surface area contributed by atoms with Crippen molar-refractivity contribution in [2.24, 2.45) is 0 Å². The highest BCUT2D eigenvalue weighted by atomic mass is 35.5. The Labute approximate surface area is 149 Å². The Morgan fingerprint density at radius 2 is 1.79 bits per heavy atom. The van der Waals surface area contributed by atoms with E-state index in [4.69, 9.17) is 32.7 Å². The zero-order valence-electron chi connectivity index (χ0n) is 13.1. The van der Waals surface area contributed by atoms with Gasteiger partial charge in [0, 0.05) is 0 Å². The second-order valence-corrected chi connectivity index (χ2v) is 5.69. The normalized spacial score (nSPS) is 10.2. The van der Waals surface area contributed by atoms with Gasteiger partial charge in [-0.2, -0.15) is 0 Å². The molecule has 7 heteroatoms. The van der Waals surface area contributed by atoms with Crippen LogP contribution in [0.25, 0.3) is 0 Å². The smallest absolute Gasteiger partial charge is 0.340 e. The SMILES string of the molecule is COC(=O)c1cc(OC)ccc1NC(=O)Cc1ccc(Cl)c(Cl)c1. The number of nitrogens with one attached hydrogen (secondary N) is 1. The third-order valence-corrected chi connectivity index (χ3v) is 3.99. The van der Waals surface area contributed by atoms with E-state index in [-0.39, 0.29) is 17.9 Å². The van der Waals surface area contributed by atoms with E-state index < -0.39 is 5.97 Å². The minimum atomic E-state index is -0.571. The predicted molar refractivity (Wildman–Crippen MR) is 93.1 cm³/mol. The summed E-state index contributed by atoms with van der Waals surface area (Å²) < 4.78 is 9.81. The maximum Gasteiger partial charge on any atom is 0.340 e. The van der Waals surface area contributed by atoms with E-state index >= 15 is 0 Å². The predicted octanol–water partition coefficient (Wildman–Crippen LogP) is 3.97. The Bertz CT molecular complexity index is 777. The van der Waals surface area contributed by atoms with Crippen LogP contribution in [0, 0.1) is 0 Å². The molecule has 0 saturated heterocycles. The first-order chi connectivity index (χ1) is 11.4. The van der Waals surface area contributed by atoms with Gasteiger partial charge in [-0.3, -0.25) is 4.79 Å². The number of anilines is 1. The van der Waals surface area contributed by atoms with Crippen LogP contribution in [0.2, 0.25) is 10.0 Å². The lowest BCUT2D eigenvalue weighted by molar-refractivity contribution is -0.115. The lowest BCUT2D eigenvalue weighted by Crippen LogP contribution is -2.17. The third kappa shape index (κ3) is 4.40. The van der Waals surface area contributed by atoms with Crippen molar-refractivity contribution >= 4 is 40.8 Å². The number of ether oxygens (including phenoxy) is 2. The van der Waals surface area contributed by atoms with Gasteiger partial charge in [0.25, 0.3) is 0 Å². The quantitative estimate of drug-likeness (QED) is 0.812. The van der Waals surface area contributed by atoms with Gasteiger partial charge in [-0.1, -0.05) is 29.3 Å². The van der Waals surface area contributed by atoms with Gasteiger partial charge in [0.2, 0.25) is 5.91 Å². The number of amides is 1. The van der Waals surface area contributed by atoms with E-state index in [1.165, 1.54) is 20.3 Å². The van der Waals surface area contributed by atoms with Crippen LogP contribution in [0.4, 0.5) is 5.69 Å². The molecule has 0 unspecified atom stereocenters. The molecule has 0 aromatic heterocycles. The minimum absolute atomic E-state index is 0.0868. The zero-order valence-corrected chi connectivity index (χ0v) is 14.6. The van der Waals surface area contributed by atoms with Crippen molar-refractivity contribution in [3.05, 3.63) is 57.6 Å². The number of hydrogen-bond acceptors (Lipinski definition) is 4. The molecule has 0 heterocycles. The van der Waals surface area contributed by atoms with E-state index in [2.05, 4.69) is 5.32 Å². The summed E-state index contributed by atoms with van der Waals surface area (Å²) in [6.07, 6.45) is 0.0868. The summed E-state index contributed by atoms with van der Waals surface area (Å²) in [6, 6.07) is 9.68. The van der Waals surface area contributed by atoms with Gasteiger partial charge in [0.1, 0.15) is 5.75 Å². The van der Waals surface area contributed by atoms with E-state index in [1.54, 1.807) is 30.3 Å². The third-order valence-electron chi connectivity index (χ3n) is 3.25. The van der Waals surface area contributed by atoms with Gasteiger partial charge in [0.05, 0.1) is 41.9 Å². The van der Waals surface area contributed by atoms with Gasteiger partial charge in [-0.15, -0.1) is 0 Å². The van der Waals surface area contributed by atoms with Crippen molar-refractivity contribution in [3.63, 3.8) is 0 Å². The van der Waals surface area contributed by atoms with Crippen LogP contribution in [0.5, 0.6) is 5.75 Å². The molecule has 0 saturated carbocycles. The van der Waals surface area contributed by atoms with Crippen LogP contribution in [0.3, 0.4) is 0 Å². The van der Waals surface area contributed by atoms with Gasteiger partial charge in [0.15, 0.2) is 0 Å². The molecule has 1 N–H and O–H groups in total. The molecule has 2 aromatic carbocycles.